The minimum atomic E-state index is -0.528. The van der Waals surface area contributed by atoms with Crippen molar-refractivity contribution in [3.63, 3.8) is 0 Å². The zero-order chi connectivity index (χ0) is 13.0. The van der Waals surface area contributed by atoms with E-state index in [2.05, 4.69) is 9.97 Å². The average Bonchev–Trinajstić information content (AvgIpc) is 2.40. The molecule has 88 valence electrons. The predicted octanol–water partition coefficient (Wildman–Crippen LogP) is 2.41. The molecule has 0 aliphatic rings. The molecule has 6 nitrogen and oxygen atoms in total. The predicted molar refractivity (Wildman–Crippen MR) is 64.0 cm³/mol. The van der Waals surface area contributed by atoms with E-state index < -0.39 is 4.92 Å². The molecule has 0 unspecified atom stereocenters. The van der Waals surface area contributed by atoms with Gasteiger partial charge in [0.15, 0.2) is 0 Å². The van der Waals surface area contributed by atoms with Crippen molar-refractivity contribution in [1.29, 1.82) is 5.26 Å². The quantitative estimate of drug-likeness (QED) is 0.476. The van der Waals surface area contributed by atoms with Gasteiger partial charge >= 0.3 is 0 Å². The van der Waals surface area contributed by atoms with Gasteiger partial charge in [-0.3, -0.25) is 10.1 Å². The smallest absolute Gasteiger partial charge is 0.258 e. The van der Waals surface area contributed by atoms with Crippen LogP contribution >= 0.6 is 11.8 Å². The summed E-state index contributed by atoms with van der Waals surface area (Å²) >= 11 is 1.26. The molecule has 2 aromatic rings. The first-order chi connectivity index (χ1) is 8.70. The number of nitro groups is 1. The Labute approximate surface area is 106 Å². The van der Waals surface area contributed by atoms with Crippen LogP contribution in [0.3, 0.4) is 0 Å². The lowest BCUT2D eigenvalue weighted by molar-refractivity contribution is -0.384. The summed E-state index contributed by atoms with van der Waals surface area (Å²) in [6, 6.07) is 7.81. The molecule has 0 aliphatic carbocycles. The van der Waals surface area contributed by atoms with Crippen LogP contribution in [0.1, 0.15) is 5.56 Å². The lowest BCUT2D eigenvalue weighted by Crippen LogP contribution is -1.90. The van der Waals surface area contributed by atoms with Crippen molar-refractivity contribution in [2.75, 3.05) is 0 Å². The number of hydrogen-bond donors (Lipinski definition) is 0. The van der Waals surface area contributed by atoms with Gasteiger partial charge in [0.25, 0.3) is 5.69 Å². The minimum absolute atomic E-state index is 0.0985. The van der Waals surface area contributed by atoms with Crippen molar-refractivity contribution in [3.8, 4) is 6.07 Å². The highest BCUT2D eigenvalue weighted by molar-refractivity contribution is 7.99. The average molecular weight is 258 g/mol. The molecule has 18 heavy (non-hydrogen) atoms. The van der Waals surface area contributed by atoms with E-state index >= 15 is 0 Å². The topological polar surface area (TPSA) is 92.7 Å². The summed E-state index contributed by atoms with van der Waals surface area (Å²) < 4.78 is 0. The van der Waals surface area contributed by atoms with Crippen molar-refractivity contribution in [1.82, 2.24) is 9.97 Å². The van der Waals surface area contributed by atoms with Gasteiger partial charge in [0.05, 0.1) is 10.5 Å². The molecule has 1 aromatic carbocycles. The molecule has 0 fully saturated rings. The minimum Gasteiger partial charge on any atom is -0.258 e. The molecule has 0 saturated heterocycles. The summed E-state index contributed by atoms with van der Waals surface area (Å²) in [5.74, 6) is 0. The maximum atomic E-state index is 10.6. The fraction of sp³-hybridized carbons (Fsp3) is 0. The van der Waals surface area contributed by atoms with E-state index in [0.29, 0.717) is 9.92 Å². The highest BCUT2D eigenvalue weighted by Crippen LogP contribution is 2.30. The van der Waals surface area contributed by atoms with E-state index in [9.17, 15) is 10.1 Å². The second-order valence-corrected chi connectivity index (χ2v) is 4.26. The fourth-order valence-electron chi connectivity index (χ4n) is 1.26. The summed E-state index contributed by atoms with van der Waals surface area (Å²) in [5, 5.41) is 20.3. The van der Waals surface area contributed by atoms with Gasteiger partial charge in [0.2, 0.25) is 0 Å². The number of benzene rings is 1. The van der Waals surface area contributed by atoms with Crippen LogP contribution in [0, 0.1) is 21.4 Å². The Morgan fingerprint density at radius 3 is 2.83 bits per heavy atom. The lowest BCUT2D eigenvalue weighted by atomic mass is 10.2. The number of rotatable bonds is 3. The van der Waals surface area contributed by atoms with E-state index in [1.807, 2.05) is 6.07 Å². The molecule has 0 radical (unpaired) electrons. The number of nitrogens with zero attached hydrogens (tertiary/aromatic N) is 4. The molecule has 0 spiro atoms. The van der Waals surface area contributed by atoms with Crippen LogP contribution in [-0.2, 0) is 0 Å². The van der Waals surface area contributed by atoms with Crippen LogP contribution in [0.25, 0.3) is 0 Å². The molecule has 1 heterocycles. The number of nitro benzene ring substituents is 1. The SMILES string of the molecule is N#Cc1cc([N+](=O)[O-])ccc1Sc1ccncn1. The van der Waals surface area contributed by atoms with E-state index in [1.165, 1.54) is 30.2 Å². The molecule has 0 saturated carbocycles. The highest BCUT2D eigenvalue weighted by Gasteiger charge is 2.11. The van der Waals surface area contributed by atoms with Crippen LogP contribution in [0.2, 0.25) is 0 Å². The van der Waals surface area contributed by atoms with Gasteiger partial charge in [0, 0.05) is 23.2 Å². The molecule has 7 heteroatoms. The second-order valence-electron chi connectivity index (χ2n) is 3.20. The van der Waals surface area contributed by atoms with Crippen molar-refractivity contribution in [2.24, 2.45) is 0 Å². The lowest BCUT2D eigenvalue weighted by Gasteiger charge is -2.02. The Morgan fingerprint density at radius 2 is 2.22 bits per heavy atom. The summed E-state index contributed by atoms with van der Waals surface area (Å²) in [6.07, 6.45) is 2.99. The molecule has 0 bridgehead atoms. The maximum Gasteiger partial charge on any atom is 0.270 e. The molecule has 0 aliphatic heterocycles. The third kappa shape index (κ3) is 2.61. The summed E-state index contributed by atoms with van der Waals surface area (Å²) in [4.78, 5) is 18.5. The van der Waals surface area contributed by atoms with Gasteiger partial charge in [-0.25, -0.2) is 9.97 Å². The molecule has 2 rings (SSSR count). The van der Waals surface area contributed by atoms with Crippen molar-refractivity contribution in [2.45, 2.75) is 9.92 Å². The largest absolute Gasteiger partial charge is 0.270 e. The van der Waals surface area contributed by atoms with Crippen LogP contribution in [-0.4, -0.2) is 14.9 Å². The van der Waals surface area contributed by atoms with Gasteiger partial charge in [-0.15, -0.1) is 0 Å². The molecular formula is C11H6N4O2S. The van der Waals surface area contributed by atoms with Crippen LogP contribution in [0.4, 0.5) is 5.69 Å². The molecule has 0 N–H and O–H groups in total. The number of non-ortho nitro benzene ring substituents is 1. The Bertz CT molecular complexity index is 625. The normalized spacial score (nSPS) is 9.72. The molecule has 0 amide bonds. The van der Waals surface area contributed by atoms with Crippen molar-refractivity contribution in [3.05, 3.63) is 52.5 Å². The Kier molecular flexibility index (Phi) is 3.50. The second kappa shape index (κ2) is 5.25. The van der Waals surface area contributed by atoms with E-state index in [0.717, 1.165) is 0 Å². The Balaban J connectivity index is 2.35. The van der Waals surface area contributed by atoms with Gasteiger partial charge in [-0.1, -0.05) is 11.8 Å². The summed E-state index contributed by atoms with van der Waals surface area (Å²) in [6.45, 7) is 0. The first-order valence-corrected chi connectivity index (χ1v) is 5.65. The summed E-state index contributed by atoms with van der Waals surface area (Å²) in [7, 11) is 0. The molecular weight excluding hydrogens is 252 g/mol. The Morgan fingerprint density at radius 1 is 1.39 bits per heavy atom. The summed E-state index contributed by atoms with van der Waals surface area (Å²) in [5.41, 5.74) is 0.159. The molecule has 0 atom stereocenters. The van der Waals surface area contributed by atoms with Gasteiger partial charge in [0.1, 0.15) is 17.4 Å². The maximum absolute atomic E-state index is 10.6. The van der Waals surface area contributed by atoms with Crippen LogP contribution in [0.15, 0.2) is 46.7 Å². The molecule has 1 aromatic heterocycles. The zero-order valence-electron chi connectivity index (χ0n) is 8.98. The van der Waals surface area contributed by atoms with E-state index in [-0.39, 0.29) is 11.3 Å². The van der Waals surface area contributed by atoms with E-state index in [1.54, 1.807) is 18.3 Å². The first kappa shape index (κ1) is 12.0. The standard InChI is InChI=1S/C11H6N4O2S/c12-6-8-5-9(15(16)17)1-2-10(8)18-11-3-4-13-7-14-11/h1-5,7H. The fourth-order valence-corrected chi connectivity index (χ4v) is 2.06. The first-order valence-electron chi connectivity index (χ1n) is 4.83. The third-order valence-electron chi connectivity index (χ3n) is 2.06. The van der Waals surface area contributed by atoms with Gasteiger partial charge in [-0.2, -0.15) is 5.26 Å². The third-order valence-corrected chi connectivity index (χ3v) is 3.09. The number of aromatic nitrogens is 2. The highest BCUT2D eigenvalue weighted by atomic mass is 32.2. The van der Waals surface area contributed by atoms with E-state index in [4.69, 9.17) is 5.26 Å². The van der Waals surface area contributed by atoms with Gasteiger partial charge < -0.3 is 0 Å². The number of hydrogen-bond acceptors (Lipinski definition) is 6. The van der Waals surface area contributed by atoms with Crippen LogP contribution in [0.5, 0.6) is 0 Å². The Hall–Kier alpha value is -2.46. The van der Waals surface area contributed by atoms with Crippen LogP contribution < -0.4 is 0 Å². The monoisotopic (exact) mass is 258 g/mol. The number of nitriles is 1. The van der Waals surface area contributed by atoms with Crippen molar-refractivity contribution >= 4 is 17.4 Å². The van der Waals surface area contributed by atoms with Crippen molar-refractivity contribution < 1.29 is 4.92 Å². The van der Waals surface area contributed by atoms with Gasteiger partial charge in [-0.05, 0) is 12.1 Å². The zero-order valence-corrected chi connectivity index (χ0v) is 9.79.